The van der Waals surface area contributed by atoms with Crippen molar-refractivity contribution in [3.8, 4) is 0 Å². The maximum absolute atomic E-state index is 6.18. The Morgan fingerprint density at radius 3 is 2.61 bits per heavy atom. The molecule has 1 fully saturated rings. The molecule has 2 aromatic rings. The van der Waals surface area contributed by atoms with Gasteiger partial charge < -0.3 is 15.5 Å². The molecule has 0 unspecified atom stereocenters. The van der Waals surface area contributed by atoms with Crippen molar-refractivity contribution in [2.45, 2.75) is 38.1 Å². The third kappa shape index (κ3) is 5.20. The first-order valence-electron chi connectivity index (χ1n) is 9.67. The lowest BCUT2D eigenvalue weighted by Gasteiger charge is -2.39. The van der Waals surface area contributed by atoms with Gasteiger partial charge >= 0.3 is 0 Å². The van der Waals surface area contributed by atoms with Gasteiger partial charge in [0.1, 0.15) is 5.84 Å². The number of nitrogens with two attached hydrogens (primary N) is 1. The predicted octanol–water partition coefficient (Wildman–Crippen LogP) is 4.87. The fraction of sp³-hybridized carbons (Fsp3) is 0.476. The summed E-state index contributed by atoms with van der Waals surface area (Å²) >= 11 is 1.63. The van der Waals surface area contributed by atoms with Crippen LogP contribution in [0.15, 0.2) is 40.7 Å². The summed E-state index contributed by atoms with van der Waals surface area (Å²) in [6, 6.07) is 11.4. The van der Waals surface area contributed by atoms with E-state index in [2.05, 4.69) is 40.0 Å². The maximum Gasteiger partial charge on any atom is 0.141 e. The van der Waals surface area contributed by atoms with Crippen LogP contribution in [0.3, 0.4) is 0 Å². The van der Waals surface area contributed by atoms with Crippen LogP contribution < -0.4 is 10.6 Å². The lowest BCUT2D eigenvalue weighted by atomic mass is 10.0. The minimum absolute atomic E-state index is 0. The number of amidine groups is 1. The van der Waals surface area contributed by atoms with E-state index in [-0.39, 0.29) is 24.8 Å². The summed E-state index contributed by atoms with van der Waals surface area (Å²) < 4.78 is 0. The third-order valence-electron chi connectivity index (χ3n) is 5.62. The van der Waals surface area contributed by atoms with E-state index in [1.54, 1.807) is 11.3 Å². The van der Waals surface area contributed by atoms with Crippen LogP contribution in [0.5, 0.6) is 0 Å². The number of hydrogen-bond acceptors (Lipinski definition) is 4. The van der Waals surface area contributed by atoms with Gasteiger partial charge in [-0.3, -0.25) is 0 Å². The SMILES string of the molecule is CN1CCC(N2CCCCc3cc(N=C(N)c4cccs4)ccc32)CC1.Cl.Cl. The van der Waals surface area contributed by atoms with Crippen molar-refractivity contribution in [2.75, 3.05) is 31.6 Å². The number of anilines is 1. The zero-order chi connectivity index (χ0) is 17.9. The van der Waals surface area contributed by atoms with E-state index in [4.69, 9.17) is 5.73 Å². The number of thiophene rings is 1. The van der Waals surface area contributed by atoms with E-state index < -0.39 is 0 Å². The van der Waals surface area contributed by atoms with Crippen molar-refractivity contribution in [2.24, 2.45) is 10.7 Å². The average Bonchev–Trinajstić information content (AvgIpc) is 3.11. The van der Waals surface area contributed by atoms with Crippen molar-refractivity contribution in [1.29, 1.82) is 0 Å². The Balaban J connectivity index is 0.00000140. The Bertz CT molecular complexity index is 771. The van der Waals surface area contributed by atoms with Crippen LogP contribution >= 0.6 is 36.2 Å². The highest BCUT2D eigenvalue weighted by Crippen LogP contribution is 2.33. The number of benzene rings is 1. The molecule has 0 atom stereocenters. The molecule has 4 nitrogen and oxygen atoms in total. The summed E-state index contributed by atoms with van der Waals surface area (Å²) in [7, 11) is 2.23. The molecule has 7 heteroatoms. The number of fused-ring (bicyclic) bond motifs is 1. The standard InChI is InChI=1S/C21H28N4S.2ClH/c1-24-12-9-18(10-13-24)25-11-3-2-5-16-15-17(7-8-19(16)25)23-21(22)20-6-4-14-26-20;;/h4,6-8,14-15,18H,2-3,5,9-13H2,1H3,(H2,22,23);2*1H. The summed E-state index contributed by atoms with van der Waals surface area (Å²) in [5, 5.41) is 2.04. The molecule has 4 rings (SSSR count). The van der Waals surface area contributed by atoms with Gasteiger partial charge in [0.05, 0.1) is 10.6 Å². The molecule has 2 aliphatic heterocycles. The zero-order valence-electron chi connectivity index (χ0n) is 16.3. The van der Waals surface area contributed by atoms with Crippen molar-refractivity contribution in [3.05, 3.63) is 46.2 Å². The lowest BCUT2D eigenvalue weighted by Crippen LogP contribution is -2.44. The molecule has 0 saturated carbocycles. The van der Waals surface area contributed by atoms with Crippen LogP contribution in [0.25, 0.3) is 0 Å². The molecule has 154 valence electrons. The summed E-state index contributed by atoms with van der Waals surface area (Å²) in [6.07, 6.45) is 6.20. The molecule has 3 heterocycles. The quantitative estimate of drug-likeness (QED) is 0.546. The van der Waals surface area contributed by atoms with Crippen LogP contribution in [-0.2, 0) is 6.42 Å². The predicted molar refractivity (Wildman–Crippen MR) is 126 cm³/mol. The third-order valence-corrected chi connectivity index (χ3v) is 6.51. The first-order valence-corrected chi connectivity index (χ1v) is 10.5. The average molecular weight is 441 g/mol. The Morgan fingerprint density at radius 1 is 1.11 bits per heavy atom. The Labute approximate surface area is 184 Å². The van der Waals surface area contributed by atoms with Gasteiger partial charge in [-0.25, -0.2) is 4.99 Å². The van der Waals surface area contributed by atoms with Gasteiger partial charge in [-0.15, -0.1) is 36.2 Å². The molecule has 0 radical (unpaired) electrons. The normalized spacial score (nSPS) is 18.6. The molecule has 0 bridgehead atoms. The van der Waals surface area contributed by atoms with Crippen LogP contribution in [0, 0.1) is 0 Å². The number of nitrogens with zero attached hydrogens (tertiary/aromatic N) is 3. The number of aliphatic imine (C=N–C) groups is 1. The van der Waals surface area contributed by atoms with Gasteiger partial charge in [0.2, 0.25) is 0 Å². The van der Waals surface area contributed by atoms with Crippen LogP contribution in [0.4, 0.5) is 11.4 Å². The summed E-state index contributed by atoms with van der Waals surface area (Å²) in [4.78, 5) is 10.8. The number of halogens is 2. The second-order valence-electron chi connectivity index (χ2n) is 7.47. The largest absolute Gasteiger partial charge is 0.383 e. The van der Waals surface area contributed by atoms with Crippen molar-refractivity contribution < 1.29 is 0 Å². The molecule has 1 saturated heterocycles. The maximum atomic E-state index is 6.18. The number of rotatable bonds is 3. The molecular formula is C21H30Cl2N4S. The van der Waals surface area contributed by atoms with Crippen molar-refractivity contribution in [1.82, 2.24) is 4.90 Å². The van der Waals surface area contributed by atoms with E-state index in [1.807, 2.05) is 17.5 Å². The van der Waals surface area contributed by atoms with Crippen LogP contribution in [0.2, 0.25) is 0 Å². The fourth-order valence-electron chi connectivity index (χ4n) is 4.14. The van der Waals surface area contributed by atoms with Gasteiger partial charge in [0.25, 0.3) is 0 Å². The van der Waals surface area contributed by atoms with Crippen LogP contribution in [-0.4, -0.2) is 43.5 Å². The highest BCUT2D eigenvalue weighted by Gasteiger charge is 2.26. The highest BCUT2D eigenvalue weighted by molar-refractivity contribution is 7.12. The minimum Gasteiger partial charge on any atom is -0.383 e. The number of likely N-dealkylation sites (tertiary alicyclic amines) is 1. The monoisotopic (exact) mass is 440 g/mol. The van der Waals surface area contributed by atoms with E-state index in [9.17, 15) is 0 Å². The number of aryl methyl sites for hydroxylation is 1. The Morgan fingerprint density at radius 2 is 1.89 bits per heavy atom. The molecule has 1 aromatic carbocycles. The smallest absolute Gasteiger partial charge is 0.141 e. The van der Waals surface area contributed by atoms with Gasteiger partial charge in [-0.2, -0.15) is 0 Å². The first kappa shape index (κ1) is 23.0. The second-order valence-corrected chi connectivity index (χ2v) is 8.42. The van der Waals surface area contributed by atoms with Crippen LogP contribution in [0.1, 0.15) is 36.1 Å². The van der Waals surface area contributed by atoms with Crippen molar-refractivity contribution in [3.63, 3.8) is 0 Å². The van der Waals surface area contributed by atoms with E-state index in [1.165, 1.54) is 56.6 Å². The lowest BCUT2D eigenvalue weighted by molar-refractivity contribution is 0.249. The highest BCUT2D eigenvalue weighted by atomic mass is 35.5. The Hall–Kier alpha value is -1.27. The van der Waals surface area contributed by atoms with E-state index in [0.717, 1.165) is 17.0 Å². The van der Waals surface area contributed by atoms with Gasteiger partial charge in [-0.05, 0) is 87.5 Å². The molecule has 0 spiro atoms. The molecule has 0 amide bonds. The second kappa shape index (κ2) is 10.5. The number of piperidine rings is 1. The topological polar surface area (TPSA) is 44.9 Å². The zero-order valence-corrected chi connectivity index (χ0v) is 18.8. The molecular weight excluding hydrogens is 411 g/mol. The van der Waals surface area contributed by atoms with Gasteiger partial charge in [0, 0.05) is 18.3 Å². The van der Waals surface area contributed by atoms with E-state index >= 15 is 0 Å². The van der Waals surface area contributed by atoms with Gasteiger partial charge in [-0.1, -0.05) is 6.07 Å². The van der Waals surface area contributed by atoms with Crippen molar-refractivity contribution >= 4 is 53.4 Å². The molecule has 2 aliphatic rings. The Kier molecular flexibility index (Phi) is 8.62. The fourth-order valence-corrected chi connectivity index (χ4v) is 4.77. The summed E-state index contributed by atoms with van der Waals surface area (Å²) in [6.45, 7) is 3.59. The minimum atomic E-state index is 0. The van der Waals surface area contributed by atoms with Gasteiger partial charge in [0.15, 0.2) is 0 Å². The molecule has 1 aromatic heterocycles. The number of hydrogen-bond donors (Lipinski definition) is 1. The molecule has 0 aliphatic carbocycles. The molecule has 2 N–H and O–H groups in total. The summed E-state index contributed by atoms with van der Waals surface area (Å²) in [5.74, 6) is 0.612. The van der Waals surface area contributed by atoms with E-state index in [0.29, 0.717) is 11.9 Å². The molecule has 28 heavy (non-hydrogen) atoms. The summed E-state index contributed by atoms with van der Waals surface area (Å²) in [5.41, 5.74) is 10.0. The first-order chi connectivity index (χ1) is 12.7.